The van der Waals surface area contributed by atoms with E-state index in [1.165, 1.54) is 6.42 Å². The summed E-state index contributed by atoms with van der Waals surface area (Å²) in [7, 11) is 0. The van der Waals surface area contributed by atoms with E-state index in [9.17, 15) is 0 Å². The minimum atomic E-state index is 0.322. The van der Waals surface area contributed by atoms with Crippen molar-refractivity contribution in [1.29, 1.82) is 0 Å². The molecule has 1 aromatic carbocycles. The molecule has 0 radical (unpaired) electrons. The molecule has 1 saturated carbocycles. The van der Waals surface area contributed by atoms with Crippen LogP contribution in [0.5, 0.6) is 0 Å². The Balaban J connectivity index is 1.32. The number of fused-ring (bicyclic) bond motifs is 4. The quantitative estimate of drug-likeness (QED) is 0.433. The first-order valence-electron chi connectivity index (χ1n) is 9.75. The standard InChI is InChI=1S/C19H20BrN9/c20-12-6-23-29-17(12)26-19(28-8-10-5-11(9-28)16(10)21)27-18(29)22-7-15-24-13-3-1-2-4-14(13)25-15/h1-4,6,10-11,16H,5,7-9,21H2,(H,24,25)(H,22,26,27)/t10-,11+,16+. The number of H-pyrrole nitrogens is 1. The summed E-state index contributed by atoms with van der Waals surface area (Å²) in [6.07, 6.45) is 2.96. The fraction of sp³-hybridized carbons (Fsp3) is 0.368. The lowest BCUT2D eigenvalue weighted by atomic mass is 9.67. The van der Waals surface area contributed by atoms with Crippen molar-refractivity contribution in [3.05, 3.63) is 40.8 Å². The fourth-order valence-corrected chi connectivity index (χ4v) is 4.78. The Morgan fingerprint density at radius 3 is 2.79 bits per heavy atom. The van der Waals surface area contributed by atoms with Gasteiger partial charge in [-0.3, -0.25) is 0 Å². The van der Waals surface area contributed by atoms with Crippen LogP contribution in [0.1, 0.15) is 12.2 Å². The van der Waals surface area contributed by atoms with Gasteiger partial charge in [-0.2, -0.15) is 19.6 Å². The number of hydrogen-bond donors (Lipinski definition) is 3. The number of rotatable bonds is 4. The summed E-state index contributed by atoms with van der Waals surface area (Å²) < 4.78 is 2.55. The number of nitrogens with zero attached hydrogens (tertiary/aromatic N) is 6. The number of imidazole rings is 1. The van der Waals surface area contributed by atoms with Gasteiger partial charge in [-0.25, -0.2) is 4.98 Å². The zero-order chi connectivity index (χ0) is 19.5. The summed E-state index contributed by atoms with van der Waals surface area (Å²) in [4.78, 5) is 19.7. The van der Waals surface area contributed by atoms with Gasteiger partial charge >= 0.3 is 0 Å². The molecule has 4 N–H and O–H groups in total. The Kier molecular flexibility index (Phi) is 3.78. The Labute approximate surface area is 174 Å². The first-order valence-corrected chi connectivity index (χ1v) is 10.5. The Morgan fingerprint density at radius 2 is 2.00 bits per heavy atom. The Hall–Kier alpha value is -2.72. The molecule has 0 unspecified atom stereocenters. The van der Waals surface area contributed by atoms with E-state index < -0.39 is 0 Å². The van der Waals surface area contributed by atoms with Crippen molar-refractivity contribution in [2.45, 2.75) is 19.0 Å². The van der Waals surface area contributed by atoms with Crippen LogP contribution in [0.2, 0.25) is 0 Å². The van der Waals surface area contributed by atoms with Crippen LogP contribution in [0.4, 0.5) is 11.9 Å². The van der Waals surface area contributed by atoms with Crippen molar-refractivity contribution < 1.29 is 0 Å². The van der Waals surface area contributed by atoms with Gasteiger partial charge in [0.25, 0.3) is 0 Å². The van der Waals surface area contributed by atoms with E-state index in [1.807, 2.05) is 24.3 Å². The molecule has 2 aliphatic heterocycles. The molecule has 3 fully saturated rings. The lowest BCUT2D eigenvalue weighted by Crippen LogP contribution is -2.62. The van der Waals surface area contributed by atoms with Crippen molar-refractivity contribution in [1.82, 2.24) is 29.5 Å². The van der Waals surface area contributed by atoms with Gasteiger partial charge in [0.1, 0.15) is 5.82 Å². The molecule has 0 amide bonds. The van der Waals surface area contributed by atoms with Gasteiger partial charge in [-0.1, -0.05) is 12.1 Å². The average Bonchev–Trinajstić information content (AvgIpc) is 3.35. The highest BCUT2D eigenvalue weighted by Crippen LogP contribution is 2.39. The number of aromatic amines is 1. The van der Waals surface area contributed by atoms with Gasteiger partial charge in [0, 0.05) is 19.1 Å². The normalized spacial score (nSPS) is 23.5. The first kappa shape index (κ1) is 17.2. The maximum absolute atomic E-state index is 6.23. The summed E-state index contributed by atoms with van der Waals surface area (Å²) in [6, 6.07) is 8.31. The molecule has 29 heavy (non-hydrogen) atoms. The number of hydrogen-bond acceptors (Lipinski definition) is 7. The molecule has 2 bridgehead atoms. The van der Waals surface area contributed by atoms with Crippen molar-refractivity contribution in [3.63, 3.8) is 0 Å². The maximum atomic E-state index is 6.23. The van der Waals surface area contributed by atoms with Gasteiger partial charge in [-0.05, 0) is 46.3 Å². The lowest BCUT2D eigenvalue weighted by Gasteiger charge is -2.52. The largest absolute Gasteiger partial charge is 0.347 e. The van der Waals surface area contributed by atoms with Crippen LogP contribution < -0.4 is 16.0 Å². The Bertz CT molecular complexity index is 1170. The number of nitrogens with two attached hydrogens (primary N) is 1. The highest BCUT2D eigenvalue weighted by Gasteiger charge is 2.45. The van der Waals surface area contributed by atoms with Crippen LogP contribution in [-0.4, -0.2) is 48.7 Å². The predicted octanol–water partition coefficient (Wildman–Crippen LogP) is 2.16. The molecule has 9 nitrogen and oxygen atoms in total. The number of halogens is 1. The van der Waals surface area contributed by atoms with Crippen molar-refractivity contribution in [3.8, 4) is 0 Å². The minimum Gasteiger partial charge on any atom is -0.347 e. The van der Waals surface area contributed by atoms with Crippen molar-refractivity contribution >= 4 is 44.5 Å². The third-order valence-electron chi connectivity index (χ3n) is 6.05. The molecule has 3 aromatic heterocycles. The highest BCUT2D eigenvalue weighted by atomic mass is 79.9. The van der Waals surface area contributed by atoms with Gasteiger partial charge < -0.3 is 20.9 Å². The van der Waals surface area contributed by atoms with E-state index in [0.29, 0.717) is 36.3 Å². The lowest BCUT2D eigenvalue weighted by molar-refractivity contribution is 0.115. The van der Waals surface area contributed by atoms with Crippen LogP contribution in [0.15, 0.2) is 34.9 Å². The summed E-state index contributed by atoms with van der Waals surface area (Å²) in [5.41, 5.74) is 8.93. The number of para-hydroxylation sites is 2. The van der Waals surface area contributed by atoms with E-state index in [2.05, 4.69) is 41.2 Å². The van der Waals surface area contributed by atoms with Gasteiger partial charge in [-0.15, -0.1) is 0 Å². The summed E-state index contributed by atoms with van der Waals surface area (Å²) >= 11 is 3.55. The highest BCUT2D eigenvalue weighted by molar-refractivity contribution is 9.10. The molecule has 1 aliphatic carbocycles. The number of piperidine rings is 2. The number of nitrogens with one attached hydrogen (secondary N) is 2. The molecule has 148 valence electrons. The molecule has 3 atom stereocenters. The van der Waals surface area contributed by atoms with E-state index >= 15 is 0 Å². The second kappa shape index (κ2) is 6.39. The second-order valence-electron chi connectivity index (χ2n) is 7.87. The molecule has 7 rings (SSSR count). The smallest absolute Gasteiger partial charge is 0.230 e. The summed E-state index contributed by atoms with van der Waals surface area (Å²) in [6.45, 7) is 2.32. The first-order chi connectivity index (χ1) is 14.2. The van der Waals surface area contributed by atoms with Crippen LogP contribution in [0, 0.1) is 11.8 Å². The molecule has 3 aliphatic rings. The minimum absolute atomic E-state index is 0.322. The molecule has 4 aromatic rings. The van der Waals surface area contributed by atoms with Crippen LogP contribution in [-0.2, 0) is 6.54 Å². The monoisotopic (exact) mass is 453 g/mol. The van der Waals surface area contributed by atoms with Crippen LogP contribution in [0.3, 0.4) is 0 Å². The van der Waals surface area contributed by atoms with Gasteiger partial charge in [0.05, 0.1) is 28.2 Å². The fourth-order valence-electron chi connectivity index (χ4n) is 4.44. The Morgan fingerprint density at radius 1 is 1.17 bits per heavy atom. The molecule has 10 heteroatoms. The molecule has 0 spiro atoms. The van der Waals surface area contributed by atoms with Gasteiger partial charge in [0.2, 0.25) is 11.9 Å². The van der Waals surface area contributed by atoms with E-state index in [-0.39, 0.29) is 0 Å². The molecule has 5 heterocycles. The third-order valence-corrected chi connectivity index (χ3v) is 6.61. The zero-order valence-electron chi connectivity index (χ0n) is 15.6. The number of aromatic nitrogens is 6. The zero-order valence-corrected chi connectivity index (χ0v) is 17.2. The summed E-state index contributed by atoms with van der Waals surface area (Å²) in [5.74, 6) is 3.27. The van der Waals surface area contributed by atoms with E-state index in [0.717, 1.165) is 40.1 Å². The number of benzene rings is 1. The molecular formula is C19H20BrN9. The number of anilines is 2. The summed E-state index contributed by atoms with van der Waals surface area (Å²) in [5, 5.41) is 7.78. The SMILES string of the molecule is N[C@H]1[C@@H]2C[C@H]1CN(c1nc(NCc3nc4ccccc4[nH]3)n3ncc(Br)c3n1)C2. The predicted molar refractivity (Wildman–Crippen MR) is 114 cm³/mol. The third kappa shape index (κ3) is 2.77. The molecular weight excluding hydrogens is 434 g/mol. The topological polar surface area (TPSA) is 113 Å². The van der Waals surface area contributed by atoms with Crippen molar-refractivity contribution in [2.24, 2.45) is 17.6 Å². The van der Waals surface area contributed by atoms with Crippen LogP contribution in [0.25, 0.3) is 16.7 Å². The average molecular weight is 454 g/mol. The van der Waals surface area contributed by atoms with E-state index in [1.54, 1.807) is 10.7 Å². The van der Waals surface area contributed by atoms with E-state index in [4.69, 9.17) is 15.7 Å². The maximum Gasteiger partial charge on any atom is 0.230 e. The van der Waals surface area contributed by atoms with Gasteiger partial charge in [0.15, 0.2) is 5.65 Å². The van der Waals surface area contributed by atoms with Crippen LogP contribution >= 0.6 is 15.9 Å². The second-order valence-corrected chi connectivity index (χ2v) is 8.72. The van der Waals surface area contributed by atoms with Crippen molar-refractivity contribution in [2.75, 3.05) is 23.3 Å². The molecule has 2 saturated heterocycles.